The van der Waals surface area contributed by atoms with Gasteiger partial charge in [-0.05, 0) is 12.8 Å². The van der Waals surface area contributed by atoms with Crippen LogP contribution in [0.2, 0.25) is 0 Å². The molecule has 0 saturated carbocycles. The molecular formula is C14H23N5O. The van der Waals surface area contributed by atoms with Crippen LogP contribution in [0.25, 0.3) is 0 Å². The number of nitrogens with one attached hydrogen (secondary N) is 1. The summed E-state index contributed by atoms with van der Waals surface area (Å²) < 4.78 is 0. The average molecular weight is 277 g/mol. The van der Waals surface area contributed by atoms with Gasteiger partial charge in [-0.2, -0.15) is 0 Å². The summed E-state index contributed by atoms with van der Waals surface area (Å²) in [6, 6.07) is 0.554. The standard InChI is InChI=1S/C14H23N5O/c1-2-3-4-11-5-7-19(8-6-16-11)14-12(9-20)13(15)17-10-18-14/h9-11,16H,2-8H2,1H3,(H2,15,17,18). The van der Waals surface area contributed by atoms with Gasteiger partial charge in [-0.1, -0.05) is 19.8 Å². The maximum absolute atomic E-state index is 11.2. The number of rotatable bonds is 5. The number of nitrogens with zero attached hydrogens (tertiary/aromatic N) is 3. The Morgan fingerprint density at radius 2 is 2.35 bits per heavy atom. The number of aromatic nitrogens is 2. The van der Waals surface area contributed by atoms with E-state index in [0.717, 1.165) is 32.3 Å². The summed E-state index contributed by atoms with van der Waals surface area (Å²) in [6.07, 6.45) is 6.90. The van der Waals surface area contributed by atoms with Crippen molar-refractivity contribution in [3.05, 3.63) is 11.9 Å². The van der Waals surface area contributed by atoms with Gasteiger partial charge in [0.1, 0.15) is 18.0 Å². The van der Waals surface area contributed by atoms with Crippen molar-refractivity contribution in [3.8, 4) is 0 Å². The maximum Gasteiger partial charge on any atom is 0.157 e. The average Bonchev–Trinajstić information content (AvgIpc) is 2.70. The van der Waals surface area contributed by atoms with Crippen LogP contribution in [0.5, 0.6) is 0 Å². The van der Waals surface area contributed by atoms with Crippen molar-refractivity contribution in [1.82, 2.24) is 15.3 Å². The molecular weight excluding hydrogens is 254 g/mol. The number of nitrogen functional groups attached to an aromatic ring is 1. The second kappa shape index (κ2) is 7.19. The van der Waals surface area contributed by atoms with Crippen molar-refractivity contribution < 1.29 is 4.79 Å². The van der Waals surface area contributed by atoms with Crippen LogP contribution in [0.1, 0.15) is 43.0 Å². The van der Waals surface area contributed by atoms with Gasteiger partial charge in [0.05, 0.1) is 5.56 Å². The molecule has 0 amide bonds. The Morgan fingerprint density at radius 3 is 3.10 bits per heavy atom. The second-order valence-electron chi connectivity index (χ2n) is 5.18. The third kappa shape index (κ3) is 3.45. The van der Waals surface area contributed by atoms with Crippen LogP contribution in [0.4, 0.5) is 11.6 Å². The molecule has 6 nitrogen and oxygen atoms in total. The molecule has 2 heterocycles. The first-order valence-corrected chi connectivity index (χ1v) is 7.30. The van der Waals surface area contributed by atoms with Gasteiger partial charge < -0.3 is 16.0 Å². The predicted molar refractivity (Wildman–Crippen MR) is 80.0 cm³/mol. The summed E-state index contributed by atoms with van der Waals surface area (Å²) in [4.78, 5) is 21.4. The van der Waals surface area contributed by atoms with E-state index >= 15 is 0 Å². The molecule has 1 aromatic rings. The highest BCUT2D eigenvalue weighted by atomic mass is 16.1. The Labute approximate surface area is 119 Å². The molecule has 0 bridgehead atoms. The van der Waals surface area contributed by atoms with Gasteiger partial charge in [0.15, 0.2) is 6.29 Å². The first kappa shape index (κ1) is 14.7. The summed E-state index contributed by atoms with van der Waals surface area (Å²) >= 11 is 0. The largest absolute Gasteiger partial charge is 0.383 e. The zero-order valence-corrected chi connectivity index (χ0v) is 12.0. The molecule has 1 aromatic heterocycles. The summed E-state index contributed by atoms with van der Waals surface area (Å²) in [7, 11) is 0. The molecule has 1 fully saturated rings. The highest BCUT2D eigenvalue weighted by Crippen LogP contribution is 2.21. The molecule has 110 valence electrons. The Morgan fingerprint density at radius 1 is 1.50 bits per heavy atom. The fourth-order valence-electron chi connectivity index (χ4n) is 2.60. The van der Waals surface area contributed by atoms with Gasteiger partial charge in [0.25, 0.3) is 0 Å². The first-order chi connectivity index (χ1) is 9.76. The summed E-state index contributed by atoms with van der Waals surface area (Å²) in [5.74, 6) is 0.912. The number of hydrogen-bond donors (Lipinski definition) is 2. The normalized spacial score (nSPS) is 19.6. The molecule has 1 unspecified atom stereocenters. The molecule has 0 aliphatic carbocycles. The minimum Gasteiger partial charge on any atom is -0.383 e. The number of nitrogens with two attached hydrogens (primary N) is 1. The Bertz CT molecular complexity index is 451. The van der Waals surface area contributed by atoms with Crippen molar-refractivity contribution in [3.63, 3.8) is 0 Å². The second-order valence-corrected chi connectivity index (χ2v) is 5.18. The number of hydrogen-bond acceptors (Lipinski definition) is 6. The van der Waals surface area contributed by atoms with E-state index in [1.807, 2.05) is 0 Å². The molecule has 1 atom stereocenters. The zero-order chi connectivity index (χ0) is 14.4. The smallest absolute Gasteiger partial charge is 0.157 e. The van der Waals surface area contributed by atoms with Gasteiger partial charge >= 0.3 is 0 Å². The van der Waals surface area contributed by atoms with E-state index < -0.39 is 0 Å². The quantitative estimate of drug-likeness (QED) is 0.788. The van der Waals surface area contributed by atoms with Gasteiger partial charge in [-0.25, -0.2) is 9.97 Å². The lowest BCUT2D eigenvalue weighted by Crippen LogP contribution is -2.31. The summed E-state index contributed by atoms with van der Waals surface area (Å²) in [6.45, 7) is 4.83. The molecule has 2 rings (SSSR count). The molecule has 20 heavy (non-hydrogen) atoms. The molecule has 1 aliphatic rings. The van der Waals surface area contributed by atoms with Crippen molar-refractivity contribution in [1.29, 1.82) is 0 Å². The highest BCUT2D eigenvalue weighted by molar-refractivity contribution is 5.88. The van der Waals surface area contributed by atoms with Crippen LogP contribution < -0.4 is 16.0 Å². The lowest BCUT2D eigenvalue weighted by atomic mass is 10.1. The van der Waals surface area contributed by atoms with E-state index in [2.05, 4.69) is 27.1 Å². The lowest BCUT2D eigenvalue weighted by Gasteiger charge is -2.22. The third-order valence-corrected chi connectivity index (χ3v) is 3.78. The van der Waals surface area contributed by atoms with Crippen molar-refractivity contribution >= 4 is 17.9 Å². The van der Waals surface area contributed by atoms with Crippen LogP contribution in [0.3, 0.4) is 0 Å². The van der Waals surface area contributed by atoms with Crippen LogP contribution >= 0.6 is 0 Å². The fraction of sp³-hybridized carbons (Fsp3) is 0.643. The van der Waals surface area contributed by atoms with Crippen molar-refractivity contribution in [2.24, 2.45) is 0 Å². The van der Waals surface area contributed by atoms with Gasteiger partial charge in [-0.3, -0.25) is 4.79 Å². The molecule has 3 N–H and O–H groups in total. The SMILES string of the molecule is CCCCC1CCN(c2ncnc(N)c2C=O)CCN1. The first-order valence-electron chi connectivity index (χ1n) is 7.30. The minimum absolute atomic E-state index is 0.254. The number of carbonyl (C=O) groups excluding carboxylic acids is 1. The van der Waals surface area contributed by atoms with E-state index in [-0.39, 0.29) is 5.82 Å². The Balaban J connectivity index is 2.07. The summed E-state index contributed by atoms with van der Waals surface area (Å²) in [5, 5.41) is 3.56. The molecule has 1 saturated heterocycles. The van der Waals surface area contributed by atoms with Crippen LogP contribution in [-0.4, -0.2) is 41.9 Å². The van der Waals surface area contributed by atoms with E-state index in [0.29, 0.717) is 17.4 Å². The Hall–Kier alpha value is -1.69. The summed E-state index contributed by atoms with van der Waals surface area (Å²) in [5.41, 5.74) is 6.15. The maximum atomic E-state index is 11.2. The highest BCUT2D eigenvalue weighted by Gasteiger charge is 2.20. The van der Waals surface area contributed by atoms with Crippen molar-refractivity contribution in [2.45, 2.75) is 38.6 Å². The van der Waals surface area contributed by atoms with Crippen LogP contribution in [-0.2, 0) is 0 Å². The van der Waals surface area contributed by atoms with Gasteiger partial charge in [0.2, 0.25) is 0 Å². The zero-order valence-electron chi connectivity index (χ0n) is 12.0. The minimum atomic E-state index is 0.254. The van der Waals surface area contributed by atoms with Crippen molar-refractivity contribution in [2.75, 3.05) is 30.3 Å². The van der Waals surface area contributed by atoms with E-state index in [9.17, 15) is 4.79 Å². The molecule has 6 heteroatoms. The van der Waals surface area contributed by atoms with Gasteiger partial charge in [0, 0.05) is 25.7 Å². The number of unbranched alkanes of at least 4 members (excludes halogenated alkanes) is 1. The number of aldehydes is 1. The Kier molecular flexibility index (Phi) is 5.29. The lowest BCUT2D eigenvalue weighted by molar-refractivity contribution is 0.112. The predicted octanol–water partition coefficient (Wildman–Crippen LogP) is 1.23. The van der Waals surface area contributed by atoms with Crippen LogP contribution in [0, 0.1) is 0 Å². The monoisotopic (exact) mass is 277 g/mol. The fourth-order valence-corrected chi connectivity index (χ4v) is 2.60. The molecule has 1 aliphatic heterocycles. The number of carbonyl (C=O) groups is 1. The third-order valence-electron chi connectivity index (χ3n) is 3.78. The van der Waals surface area contributed by atoms with E-state index in [4.69, 9.17) is 5.73 Å². The number of anilines is 2. The molecule has 0 spiro atoms. The van der Waals surface area contributed by atoms with E-state index in [1.54, 1.807) is 0 Å². The molecule has 0 aromatic carbocycles. The van der Waals surface area contributed by atoms with E-state index in [1.165, 1.54) is 25.6 Å². The molecule has 0 radical (unpaired) electrons. The van der Waals surface area contributed by atoms with Gasteiger partial charge in [-0.15, -0.1) is 0 Å². The van der Waals surface area contributed by atoms with Crippen LogP contribution in [0.15, 0.2) is 6.33 Å². The topological polar surface area (TPSA) is 84.1 Å².